The number of benzene rings is 3. The van der Waals surface area contributed by atoms with Crippen LogP contribution in [-0.2, 0) is 14.8 Å². The Kier molecular flexibility index (Phi) is 6.62. The van der Waals surface area contributed by atoms with E-state index < -0.39 is 10.0 Å². The standard InChI is InChI=1S/C30H29N5O3S/c1-19-3-2-4-20-5-8-23(15-25(19)20)33-30(36)27-16-26(27)21-6-9-24(10-7-21)39(37,38)35-29-18-32-17-28(34-29)22-11-13-31-14-12-22/h2-11,15,17-18,26-27,31H,12-14,16H2,1H3,(H,33,36)(H,34,35)/t26-,27+/m0/s1. The molecule has 6 rings (SSSR count). The van der Waals surface area contributed by atoms with Crippen LogP contribution < -0.4 is 15.4 Å². The second-order valence-corrected chi connectivity index (χ2v) is 11.8. The lowest BCUT2D eigenvalue weighted by Crippen LogP contribution is -2.20. The van der Waals surface area contributed by atoms with E-state index in [2.05, 4.69) is 44.4 Å². The van der Waals surface area contributed by atoms with Gasteiger partial charge in [0.15, 0.2) is 5.82 Å². The Hall–Kier alpha value is -4.08. The number of nitrogens with zero attached hydrogens (tertiary/aromatic N) is 2. The van der Waals surface area contributed by atoms with Gasteiger partial charge < -0.3 is 10.6 Å². The third-order valence-electron chi connectivity index (χ3n) is 7.38. The summed E-state index contributed by atoms with van der Waals surface area (Å²) in [5.74, 6) is 0.0885. The fourth-order valence-corrected chi connectivity index (χ4v) is 6.10. The second kappa shape index (κ2) is 10.2. The van der Waals surface area contributed by atoms with Crippen molar-refractivity contribution in [1.29, 1.82) is 0 Å². The molecule has 4 aromatic rings. The molecule has 9 heteroatoms. The van der Waals surface area contributed by atoms with Crippen molar-refractivity contribution in [3.05, 3.63) is 96.0 Å². The lowest BCUT2D eigenvalue weighted by molar-refractivity contribution is -0.117. The van der Waals surface area contributed by atoms with Crippen molar-refractivity contribution in [2.75, 3.05) is 23.1 Å². The highest BCUT2D eigenvalue weighted by Gasteiger charge is 2.44. The van der Waals surface area contributed by atoms with Crippen LogP contribution in [-0.4, -0.2) is 37.4 Å². The minimum Gasteiger partial charge on any atom is -0.326 e. The molecule has 0 unspecified atom stereocenters. The minimum absolute atomic E-state index is 0.0198. The number of aromatic nitrogens is 2. The molecule has 0 saturated heterocycles. The monoisotopic (exact) mass is 539 g/mol. The highest BCUT2D eigenvalue weighted by atomic mass is 32.2. The quantitative estimate of drug-likeness (QED) is 0.309. The number of nitrogens with one attached hydrogen (secondary N) is 3. The Labute approximate surface area is 227 Å². The van der Waals surface area contributed by atoms with Crippen LogP contribution in [0.3, 0.4) is 0 Å². The molecule has 8 nitrogen and oxygen atoms in total. The highest BCUT2D eigenvalue weighted by molar-refractivity contribution is 7.92. The van der Waals surface area contributed by atoms with Crippen LogP contribution in [0.4, 0.5) is 11.5 Å². The van der Waals surface area contributed by atoms with Crippen molar-refractivity contribution in [2.24, 2.45) is 5.92 Å². The fourth-order valence-electron chi connectivity index (χ4n) is 5.11. The Morgan fingerprint density at radius 3 is 2.69 bits per heavy atom. The maximum atomic E-state index is 13.0. The summed E-state index contributed by atoms with van der Waals surface area (Å²) in [6, 6.07) is 18.8. The smallest absolute Gasteiger partial charge is 0.263 e. The highest BCUT2D eigenvalue weighted by Crippen LogP contribution is 2.48. The summed E-state index contributed by atoms with van der Waals surface area (Å²) in [6.45, 7) is 3.66. The van der Waals surface area contributed by atoms with Crippen LogP contribution in [0.25, 0.3) is 16.3 Å². The summed E-state index contributed by atoms with van der Waals surface area (Å²) in [5.41, 5.74) is 4.61. The zero-order chi connectivity index (χ0) is 27.0. The molecule has 3 N–H and O–H groups in total. The summed E-state index contributed by atoms with van der Waals surface area (Å²) >= 11 is 0. The molecule has 0 radical (unpaired) electrons. The lowest BCUT2D eigenvalue weighted by atomic mass is 10.0. The molecule has 2 aliphatic rings. The molecule has 2 atom stereocenters. The number of aryl methyl sites for hydroxylation is 1. The molecule has 1 aliphatic carbocycles. The maximum Gasteiger partial charge on any atom is 0.263 e. The van der Waals surface area contributed by atoms with Gasteiger partial charge in [-0.05, 0) is 84.0 Å². The number of carbonyl (C=O) groups excluding carboxylic acids is 1. The van der Waals surface area contributed by atoms with Crippen LogP contribution in [0.5, 0.6) is 0 Å². The van der Waals surface area contributed by atoms with Gasteiger partial charge in [0.05, 0.1) is 23.0 Å². The van der Waals surface area contributed by atoms with Crippen LogP contribution in [0, 0.1) is 12.8 Å². The van der Waals surface area contributed by atoms with Gasteiger partial charge in [-0.3, -0.25) is 14.5 Å². The van der Waals surface area contributed by atoms with Gasteiger partial charge in [0, 0.05) is 18.2 Å². The van der Waals surface area contributed by atoms with E-state index in [4.69, 9.17) is 0 Å². The summed E-state index contributed by atoms with van der Waals surface area (Å²) in [6.07, 6.45) is 6.64. The third kappa shape index (κ3) is 5.41. The van der Waals surface area contributed by atoms with Gasteiger partial charge in [0.25, 0.3) is 10.0 Å². The predicted molar refractivity (Wildman–Crippen MR) is 153 cm³/mol. The van der Waals surface area contributed by atoms with Gasteiger partial charge in [-0.2, -0.15) is 0 Å². The largest absolute Gasteiger partial charge is 0.326 e. The fraction of sp³-hybridized carbons (Fsp3) is 0.233. The first kappa shape index (κ1) is 25.2. The zero-order valence-corrected chi connectivity index (χ0v) is 22.3. The van der Waals surface area contributed by atoms with E-state index in [1.807, 2.05) is 30.3 Å². The van der Waals surface area contributed by atoms with Crippen LogP contribution in [0.1, 0.15) is 35.6 Å². The van der Waals surface area contributed by atoms with Crippen LogP contribution in [0.15, 0.2) is 84.0 Å². The van der Waals surface area contributed by atoms with E-state index in [1.54, 1.807) is 30.5 Å². The summed E-state index contributed by atoms with van der Waals surface area (Å²) < 4.78 is 28.6. The van der Waals surface area contributed by atoms with Gasteiger partial charge in [-0.1, -0.05) is 42.5 Å². The van der Waals surface area contributed by atoms with Crippen molar-refractivity contribution in [1.82, 2.24) is 15.3 Å². The molecule has 3 aromatic carbocycles. The zero-order valence-electron chi connectivity index (χ0n) is 21.5. The Bertz CT molecular complexity index is 1700. The molecular weight excluding hydrogens is 510 g/mol. The number of amides is 1. The number of carbonyl (C=O) groups is 1. The van der Waals surface area contributed by atoms with E-state index in [0.717, 1.165) is 59.1 Å². The first-order chi connectivity index (χ1) is 18.9. The Morgan fingerprint density at radius 1 is 1.05 bits per heavy atom. The number of fused-ring (bicyclic) bond motifs is 1. The first-order valence-corrected chi connectivity index (χ1v) is 14.5. The average Bonchev–Trinajstić information content (AvgIpc) is 3.76. The Morgan fingerprint density at radius 2 is 1.90 bits per heavy atom. The van der Waals surface area contributed by atoms with E-state index in [1.165, 1.54) is 6.20 Å². The summed E-state index contributed by atoms with van der Waals surface area (Å²) in [4.78, 5) is 21.7. The van der Waals surface area contributed by atoms with Crippen molar-refractivity contribution < 1.29 is 13.2 Å². The molecule has 1 fully saturated rings. The molecule has 39 heavy (non-hydrogen) atoms. The van der Waals surface area contributed by atoms with E-state index in [0.29, 0.717) is 5.69 Å². The van der Waals surface area contributed by atoms with E-state index >= 15 is 0 Å². The number of hydrogen-bond donors (Lipinski definition) is 3. The first-order valence-electron chi connectivity index (χ1n) is 13.0. The van der Waals surface area contributed by atoms with Crippen molar-refractivity contribution in [2.45, 2.75) is 30.6 Å². The van der Waals surface area contributed by atoms with Gasteiger partial charge in [0.2, 0.25) is 5.91 Å². The van der Waals surface area contributed by atoms with Crippen molar-refractivity contribution in [3.8, 4) is 0 Å². The van der Waals surface area contributed by atoms with Crippen molar-refractivity contribution >= 4 is 43.8 Å². The Balaban J connectivity index is 1.10. The van der Waals surface area contributed by atoms with Crippen LogP contribution in [0.2, 0.25) is 0 Å². The van der Waals surface area contributed by atoms with Gasteiger partial charge >= 0.3 is 0 Å². The molecule has 1 saturated carbocycles. The van der Waals surface area contributed by atoms with Gasteiger partial charge in [-0.15, -0.1) is 0 Å². The maximum absolute atomic E-state index is 13.0. The third-order valence-corrected chi connectivity index (χ3v) is 8.75. The molecule has 0 spiro atoms. The molecule has 198 valence electrons. The topological polar surface area (TPSA) is 113 Å². The predicted octanol–water partition coefficient (Wildman–Crippen LogP) is 4.86. The normalized spacial score (nSPS) is 18.8. The number of sulfonamides is 1. The minimum atomic E-state index is -3.84. The van der Waals surface area contributed by atoms with Crippen molar-refractivity contribution in [3.63, 3.8) is 0 Å². The lowest BCUT2D eigenvalue weighted by Gasteiger charge is -2.14. The average molecular weight is 540 g/mol. The summed E-state index contributed by atoms with van der Waals surface area (Å²) in [5, 5.41) is 8.55. The number of anilines is 2. The molecular formula is C30H29N5O3S. The van der Waals surface area contributed by atoms with E-state index in [9.17, 15) is 13.2 Å². The molecule has 2 heterocycles. The molecule has 1 amide bonds. The number of hydrogen-bond acceptors (Lipinski definition) is 6. The van der Waals surface area contributed by atoms with Gasteiger partial charge in [-0.25, -0.2) is 13.4 Å². The van der Waals surface area contributed by atoms with Crippen LogP contribution >= 0.6 is 0 Å². The van der Waals surface area contributed by atoms with Gasteiger partial charge in [0.1, 0.15) is 0 Å². The molecule has 1 aromatic heterocycles. The second-order valence-electron chi connectivity index (χ2n) is 10.1. The summed E-state index contributed by atoms with van der Waals surface area (Å²) in [7, 11) is -3.84. The SMILES string of the molecule is Cc1cccc2ccc(NC(=O)[C@@H]3C[C@H]3c3ccc(S(=O)(=O)Nc4cncc(C5=CCNCC5)n4)cc3)cc12. The number of rotatable bonds is 7. The van der Waals surface area contributed by atoms with E-state index in [-0.39, 0.29) is 28.5 Å². The molecule has 0 bridgehead atoms. The molecule has 1 aliphatic heterocycles.